The summed E-state index contributed by atoms with van der Waals surface area (Å²) in [6.07, 6.45) is 1.79. The van der Waals surface area contributed by atoms with Gasteiger partial charge in [0, 0.05) is 12.1 Å². The Morgan fingerprint density at radius 1 is 1.33 bits per heavy atom. The summed E-state index contributed by atoms with van der Waals surface area (Å²) in [5.74, 6) is 0.838. The zero-order valence-electron chi connectivity index (χ0n) is 13.4. The highest BCUT2D eigenvalue weighted by Gasteiger charge is 2.32. The summed E-state index contributed by atoms with van der Waals surface area (Å²) in [5, 5.41) is 8.68. The Bertz CT molecular complexity index is 751. The van der Waals surface area contributed by atoms with Crippen LogP contribution in [0, 0.1) is 6.92 Å². The number of aliphatic carboxylic acids is 1. The van der Waals surface area contributed by atoms with Crippen LogP contribution in [0.5, 0.6) is 5.75 Å². The molecule has 2 aromatic rings. The van der Waals surface area contributed by atoms with E-state index in [1.54, 1.807) is 29.2 Å². The van der Waals surface area contributed by atoms with E-state index < -0.39 is 12.6 Å². The van der Waals surface area contributed by atoms with Crippen LogP contribution in [-0.4, -0.2) is 35.0 Å². The van der Waals surface area contributed by atoms with Gasteiger partial charge in [-0.1, -0.05) is 6.07 Å². The Hall–Kier alpha value is -2.76. The van der Waals surface area contributed by atoms with Crippen LogP contribution < -0.4 is 4.74 Å². The largest absolute Gasteiger partial charge is 0.482 e. The van der Waals surface area contributed by atoms with Gasteiger partial charge in [-0.15, -0.1) is 0 Å². The van der Waals surface area contributed by atoms with Gasteiger partial charge in [0.2, 0.25) is 0 Å². The Morgan fingerprint density at radius 3 is 2.88 bits per heavy atom. The number of benzene rings is 1. The third-order valence-electron chi connectivity index (χ3n) is 4.05. The van der Waals surface area contributed by atoms with Gasteiger partial charge < -0.3 is 19.2 Å². The second-order valence-electron chi connectivity index (χ2n) is 5.82. The number of carboxylic acids is 1. The average Bonchev–Trinajstić information content (AvgIpc) is 3.21. The number of carboxylic acid groups (broad SMARTS) is 1. The van der Waals surface area contributed by atoms with Crippen LogP contribution >= 0.6 is 0 Å². The fraction of sp³-hybridized carbons (Fsp3) is 0.333. The molecule has 1 aliphatic rings. The van der Waals surface area contributed by atoms with Crippen molar-refractivity contribution in [1.29, 1.82) is 0 Å². The van der Waals surface area contributed by atoms with Crippen LogP contribution in [0.3, 0.4) is 0 Å². The molecule has 1 atom stereocenters. The summed E-state index contributed by atoms with van der Waals surface area (Å²) in [6.45, 7) is 2.12. The van der Waals surface area contributed by atoms with E-state index in [1.807, 2.05) is 19.1 Å². The van der Waals surface area contributed by atoms with E-state index in [1.165, 1.54) is 0 Å². The Kier molecular flexibility index (Phi) is 4.55. The quantitative estimate of drug-likeness (QED) is 0.912. The van der Waals surface area contributed by atoms with Crippen LogP contribution in [0.15, 0.2) is 40.8 Å². The van der Waals surface area contributed by atoms with E-state index in [2.05, 4.69) is 0 Å². The summed E-state index contributed by atoms with van der Waals surface area (Å²) in [7, 11) is 0. The highest BCUT2D eigenvalue weighted by Crippen LogP contribution is 2.34. The van der Waals surface area contributed by atoms with Crippen molar-refractivity contribution in [2.75, 3.05) is 13.2 Å². The fourth-order valence-electron chi connectivity index (χ4n) is 2.97. The molecule has 1 fully saturated rings. The van der Waals surface area contributed by atoms with E-state index in [9.17, 15) is 9.59 Å². The monoisotopic (exact) mass is 329 g/mol. The first kappa shape index (κ1) is 16.1. The minimum Gasteiger partial charge on any atom is -0.482 e. The standard InChI is InChI=1S/C18H19NO5/c1-12-7-8-16(24-12)15-6-3-9-19(15)18(22)13-4-2-5-14(10-13)23-11-17(20)21/h2,4-5,7-8,10,15H,3,6,9,11H2,1H3,(H,20,21)/t15-/m1/s1. The smallest absolute Gasteiger partial charge is 0.341 e. The number of nitrogens with zero attached hydrogens (tertiary/aromatic N) is 1. The van der Waals surface area contributed by atoms with E-state index in [0.29, 0.717) is 17.9 Å². The number of ether oxygens (including phenoxy) is 1. The van der Waals surface area contributed by atoms with E-state index >= 15 is 0 Å². The van der Waals surface area contributed by atoms with Crippen molar-refractivity contribution < 1.29 is 23.8 Å². The van der Waals surface area contributed by atoms with Gasteiger partial charge in [0.25, 0.3) is 5.91 Å². The van der Waals surface area contributed by atoms with E-state index in [-0.39, 0.29) is 11.9 Å². The molecule has 0 bridgehead atoms. The Morgan fingerprint density at radius 2 is 2.17 bits per heavy atom. The van der Waals surface area contributed by atoms with Gasteiger partial charge in [-0.05, 0) is 50.1 Å². The second kappa shape index (κ2) is 6.78. The summed E-state index contributed by atoms with van der Waals surface area (Å²) >= 11 is 0. The van der Waals surface area contributed by atoms with Crippen molar-refractivity contribution in [1.82, 2.24) is 4.90 Å². The summed E-state index contributed by atoms with van der Waals surface area (Å²) < 4.78 is 10.8. The maximum atomic E-state index is 12.8. The fourth-order valence-corrected chi connectivity index (χ4v) is 2.97. The highest BCUT2D eigenvalue weighted by atomic mass is 16.5. The van der Waals surface area contributed by atoms with Crippen LogP contribution in [0.1, 0.15) is 40.8 Å². The Labute approximate surface area is 139 Å². The lowest BCUT2D eigenvalue weighted by Crippen LogP contribution is -2.30. The zero-order valence-corrected chi connectivity index (χ0v) is 13.4. The highest BCUT2D eigenvalue weighted by molar-refractivity contribution is 5.95. The molecule has 2 heterocycles. The number of hydrogen-bond acceptors (Lipinski definition) is 4. The van der Waals surface area contributed by atoms with Gasteiger partial charge in [0.1, 0.15) is 17.3 Å². The molecule has 1 saturated heterocycles. The predicted molar refractivity (Wildman–Crippen MR) is 86.0 cm³/mol. The van der Waals surface area contributed by atoms with E-state index in [4.69, 9.17) is 14.3 Å². The molecule has 1 aliphatic heterocycles. The zero-order chi connectivity index (χ0) is 17.1. The van der Waals surface area contributed by atoms with Gasteiger partial charge in [0.15, 0.2) is 6.61 Å². The molecule has 1 N–H and O–H groups in total. The maximum Gasteiger partial charge on any atom is 0.341 e. The molecule has 0 radical (unpaired) electrons. The van der Waals surface area contributed by atoms with Gasteiger partial charge in [0.05, 0.1) is 6.04 Å². The number of hydrogen-bond donors (Lipinski definition) is 1. The van der Waals surface area contributed by atoms with Crippen LogP contribution in [0.25, 0.3) is 0 Å². The molecule has 0 unspecified atom stereocenters. The lowest BCUT2D eigenvalue weighted by atomic mass is 10.1. The molecule has 1 aromatic heterocycles. The molecule has 0 spiro atoms. The van der Waals surface area contributed by atoms with Gasteiger partial charge in [-0.2, -0.15) is 0 Å². The SMILES string of the molecule is Cc1ccc([C@H]2CCCN2C(=O)c2cccc(OCC(=O)O)c2)o1. The normalized spacial score (nSPS) is 17.0. The number of likely N-dealkylation sites (tertiary alicyclic amines) is 1. The van der Waals surface area contributed by atoms with Crippen LogP contribution in [-0.2, 0) is 4.79 Å². The Balaban J connectivity index is 1.78. The molecule has 0 saturated carbocycles. The molecule has 126 valence electrons. The molecule has 6 nitrogen and oxygen atoms in total. The summed E-state index contributed by atoms with van der Waals surface area (Å²) in [6, 6.07) is 10.4. The van der Waals surface area contributed by atoms with Gasteiger partial charge >= 0.3 is 5.97 Å². The first-order chi connectivity index (χ1) is 11.5. The number of carbonyl (C=O) groups excluding carboxylic acids is 1. The summed E-state index contributed by atoms with van der Waals surface area (Å²) in [4.78, 5) is 25.2. The van der Waals surface area contributed by atoms with Crippen molar-refractivity contribution in [2.24, 2.45) is 0 Å². The number of amides is 1. The number of rotatable bonds is 5. The molecule has 0 aliphatic carbocycles. The minimum absolute atomic E-state index is 0.0604. The molecule has 24 heavy (non-hydrogen) atoms. The topological polar surface area (TPSA) is 80.0 Å². The van der Waals surface area contributed by atoms with Gasteiger partial charge in [-0.25, -0.2) is 4.79 Å². The molecule has 1 amide bonds. The lowest BCUT2D eigenvalue weighted by molar-refractivity contribution is -0.139. The van der Waals surface area contributed by atoms with Crippen LogP contribution in [0.2, 0.25) is 0 Å². The predicted octanol–water partition coefficient (Wildman–Crippen LogP) is 3.03. The van der Waals surface area contributed by atoms with Crippen molar-refractivity contribution in [2.45, 2.75) is 25.8 Å². The van der Waals surface area contributed by atoms with Gasteiger partial charge in [-0.3, -0.25) is 4.79 Å². The molecule has 3 rings (SSSR count). The molecule has 1 aromatic carbocycles. The van der Waals surface area contributed by atoms with Crippen molar-refractivity contribution in [3.8, 4) is 5.75 Å². The second-order valence-corrected chi connectivity index (χ2v) is 5.82. The number of furan rings is 1. The minimum atomic E-state index is -1.06. The van der Waals surface area contributed by atoms with E-state index in [0.717, 1.165) is 24.4 Å². The molecular formula is C18H19NO5. The van der Waals surface area contributed by atoms with Crippen molar-refractivity contribution in [3.05, 3.63) is 53.5 Å². The third kappa shape index (κ3) is 3.42. The third-order valence-corrected chi connectivity index (χ3v) is 4.05. The average molecular weight is 329 g/mol. The first-order valence-electron chi connectivity index (χ1n) is 7.86. The molecular weight excluding hydrogens is 310 g/mol. The number of aryl methyl sites for hydroxylation is 1. The van der Waals surface area contributed by atoms with Crippen molar-refractivity contribution in [3.63, 3.8) is 0 Å². The van der Waals surface area contributed by atoms with Crippen LogP contribution in [0.4, 0.5) is 0 Å². The maximum absolute atomic E-state index is 12.8. The summed E-state index contributed by atoms with van der Waals surface area (Å²) in [5.41, 5.74) is 0.480. The van der Waals surface area contributed by atoms with Crippen molar-refractivity contribution >= 4 is 11.9 Å². The molecule has 6 heteroatoms. The lowest BCUT2D eigenvalue weighted by Gasteiger charge is -2.23. The first-order valence-corrected chi connectivity index (χ1v) is 7.86. The number of carbonyl (C=O) groups is 2.